The van der Waals surface area contributed by atoms with Crippen molar-refractivity contribution in [3.63, 3.8) is 0 Å². The minimum atomic E-state index is -0.0431. The van der Waals surface area contributed by atoms with E-state index in [0.29, 0.717) is 17.4 Å². The number of aromatic nitrogens is 2. The number of fused-ring (bicyclic) bond motifs is 1. The van der Waals surface area contributed by atoms with E-state index in [1.54, 1.807) is 0 Å². The van der Waals surface area contributed by atoms with Crippen LogP contribution in [-0.2, 0) is 25.9 Å². The van der Waals surface area contributed by atoms with Gasteiger partial charge >= 0.3 is 0 Å². The van der Waals surface area contributed by atoms with E-state index in [4.69, 9.17) is 16.6 Å². The van der Waals surface area contributed by atoms with Crippen LogP contribution in [0.1, 0.15) is 29.3 Å². The summed E-state index contributed by atoms with van der Waals surface area (Å²) in [6.45, 7) is 4.58. The van der Waals surface area contributed by atoms with Crippen LogP contribution < -0.4 is 5.56 Å². The average Bonchev–Trinajstić information content (AvgIpc) is 2.69. The van der Waals surface area contributed by atoms with Crippen LogP contribution in [0, 0.1) is 0 Å². The Morgan fingerprint density at radius 2 is 1.85 bits per heavy atom. The number of nitrogens with one attached hydrogen (secondary N) is 1. The minimum Gasteiger partial charge on any atom is -0.306 e. The van der Waals surface area contributed by atoms with E-state index < -0.39 is 0 Å². The molecule has 0 spiro atoms. The number of aromatic amines is 1. The highest BCUT2D eigenvalue weighted by molar-refractivity contribution is 6.30. The first-order chi connectivity index (χ1) is 13.1. The van der Waals surface area contributed by atoms with Crippen molar-refractivity contribution in [3.8, 4) is 11.4 Å². The molecule has 0 radical (unpaired) electrons. The summed E-state index contributed by atoms with van der Waals surface area (Å²) in [5.41, 5.74) is 5.23. The number of hydrogen-bond donors (Lipinski definition) is 1. The van der Waals surface area contributed by atoms with Crippen LogP contribution in [0.2, 0.25) is 5.02 Å². The summed E-state index contributed by atoms with van der Waals surface area (Å²) in [4.78, 5) is 22.7. The molecule has 2 heterocycles. The first kappa shape index (κ1) is 18.0. The van der Waals surface area contributed by atoms with Gasteiger partial charge in [-0.1, -0.05) is 42.8 Å². The fourth-order valence-electron chi connectivity index (χ4n) is 3.66. The maximum absolute atomic E-state index is 12.7. The number of H-pyrrole nitrogens is 1. The van der Waals surface area contributed by atoms with E-state index in [-0.39, 0.29) is 5.56 Å². The van der Waals surface area contributed by atoms with Gasteiger partial charge < -0.3 is 4.98 Å². The molecular formula is C22H22ClN3O. The molecule has 138 valence electrons. The third-order valence-electron chi connectivity index (χ3n) is 5.16. The molecule has 5 heteroatoms. The number of benzene rings is 2. The molecule has 1 aromatic heterocycles. The van der Waals surface area contributed by atoms with E-state index in [1.165, 1.54) is 11.1 Å². The second-order valence-electron chi connectivity index (χ2n) is 6.93. The van der Waals surface area contributed by atoms with Crippen molar-refractivity contribution >= 4 is 11.6 Å². The Morgan fingerprint density at radius 1 is 1.11 bits per heavy atom. The molecule has 4 nitrogen and oxygen atoms in total. The largest absolute Gasteiger partial charge is 0.306 e. The van der Waals surface area contributed by atoms with Crippen molar-refractivity contribution in [2.75, 3.05) is 6.54 Å². The van der Waals surface area contributed by atoms with E-state index in [1.807, 2.05) is 24.3 Å². The van der Waals surface area contributed by atoms with E-state index in [9.17, 15) is 4.79 Å². The Kier molecular flexibility index (Phi) is 5.10. The number of nitrogens with zero attached hydrogens (tertiary/aromatic N) is 2. The molecule has 0 aliphatic carbocycles. The van der Waals surface area contributed by atoms with Gasteiger partial charge in [0.2, 0.25) is 0 Å². The molecular weight excluding hydrogens is 358 g/mol. The zero-order valence-corrected chi connectivity index (χ0v) is 16.1. The Hall–Kier alpha value is -2.43. The smallest absolute Gasteiger partial charge is 0.255 e. The predicted molar refractivity (Wildman–Crippen MR) is 109 cm³/mol. The summed E-state index contributed by atoms with van der Waals surface area (Å²) in [7, 11) is 0. The zero-order valence-electron chi connectivity index (χ0n) is 15.3. The van der Waals surface area contributed by atoms with Crippen LogP contribution in [0.15, 0.2) is 53.3 Å². The molecule has 0 saturated heterocycles. The van der Waals surface area contributed by atoms with Crippen molar-refractivity contribution in [1.29, 1.82) is 0 Å². The fourth-order valence-corrected chi connectivity index (χ4v) is 3.78. The van der Waals surface area contributed by atoms with Crippen molar-refractivity contribution in [1.82, 2.24) is 14.9 Å². The summed E-state index contributed by atoms with van der Waals surface area (Å²) >= 11 is 5.95. The Balaban J connectivity index is 1.58. The molecule has 0 amide bonds. The molecule has 1 aliphatic heterocycles. The summed E-state index contributed by atoms with van der Waals surface area (Å²) in [5.74, 6) is 0.611. The lowest BCUT2D eigenvalue weighted by atomic mass is 10.0. The van der Waals surface area contributed by atoms with Crippen LogP contribution in [-0.4, -0.2) is 21.4 Å². The van der Waals surface area contributed by atoms with Crippen molar-refractivity contribution < 1.29 is 0 Å². The molecule has 0 bridgehead atoms. The van der Waals surface area contributed by atoms with Gasteiger partial charge in [0.15, 0.2) is 0 Å². The lowest BCUT2D eigenvalue weighted by Gasteiger charge is -2.28. The average molecular weight is 380 g/mol. The molecule has 0 atom stereocenters. The van der Waals surface area contributed by atoms with Gasteiger partial charge in [0.05, 0.1) is 11.3 Å². The van der Waals surface area contributed by atoms with Gasteiger partial charge in [0, 0.05) is 36.6 Å². The minimum absolute atomic E-state index is 0.0431. The summed E-state index contributed by atoms with van der Waals surface area (Å²) in [6, 6.07) is 15.9. The third-order valence-corrected chi connectivity index (χ3v) is 5.41. The number of rotatable bonds is 4. The molecule has 0 unspecified atom stereocenters. The van der Waals surface area contributed by atoms with E-state index in [2.05, 4.69) is 41.1 Å². The highest BCUT2D eigenvalue weighted by Crippen LogP contribution is 2.22. The zero-order chi connectivity index (χ0) is 18.8. The molecule has 1 aliphatic rings. The van der Waals surface area contributed by atoms with E-state index in [0.717, 1.165) is 42.8 Å². The standard InChI is InChI=1S/C22H22ClN3O/c1-2-15-5-3-4-6-17(15)13-26-12-11-20-19(14-26)22(27)25-21(24-20)16-7-9-18(23)10-8-16/h3-10H,2,11-14H2,1H3,(H,24,25,27). The topological polar surface area (TPSA) is 49.0 Å². The maximum atomic E-state index is 12.7. The molecule has 2 aromatic carbocycles. The second kappa shape index (κ2) is 7.67. The summed E-state index contributed by atoms with van der Waals surface area (Å²) in [5, 5.41) is 0.669. The third kappa shape index (κ3) is 3.82. The monoisotopic (exact) mass is 379 g/mol. The SMILES string of the molecule is CCc1ccccc1CN1CCc2nc(-c3ccc(Cl)cc3)[nH]c(=O)c2C1. The molecule has 0 saturated carbocycles. The van der Waals surface area contributed by atoms with Crippen LogP contribution in [0.3, 0.4) is 0 Å². The maximum Gasteiger partial charge on any atom is 0.255 e. The lowest BCUT2D eigenvalue weighted by Crippen LogP contribution is -2.35. The van der Waals surface area contributed by atoms with Crippen molar-refractivity contribution in [2.24, 2.45) is 0 Å². The first-order valence-electron chi connectivity index (χ1n) is 9.31. The summed E-state index contributed by atoms with van der Waals surface area (Å²) in [6.07, 6.45) is 1.81. The Bertz CT molecular complexity index is 1010. The molecule has 4 rings (SSSR count). The van der Waals surface area contributed by atoms with Crippen LogP contribution in [0.4, 0.5) is 0 Å². The van der Waals surface area contributed by atoms with Crippen molar-refractivity contribution in [2.45, 2.75) is 32.9 Å². The van der Waals surface area contributed by atoms with Gasteiger partial charge in [-0.15, -0.1) is 0 Å². The highest BCUT2D eigenvalue weighted by Gasteiger charge is 2.22. The Labute approximate surface area is 163 Å². The number of aryl methyl sites for hydroxylation is 1. The normalized spacial score (nSPS) is 14.1. The number of halogens is 1. The van der Waals surface area contributed by atoms with Gasteiger partial charge in [0.1, 0.15) is 5.82 Å². The highest BCUT2D eigenvalue weighted by atomic mass is 35.5. The van der Waals surface area contributed by atoms with Gasteiger partial charge in [-0.25, -0.2) is 4.98 Å². The first-order valence-corrected chi connectivity index (χ1v) is 9.69. The van der Waals surface area contributed by atoms with Gasteiger partial charge in [-0.05, 0) is 41.8 Å². The molecule has 0 fully saturated rings. The van der Waals surface area contributed by atoms with Gasteiger partial charge in [0.25, 0.3) is 5.56 Å². The number of hydrogen-bond acceptors (Lipinski definition) is 3. The fraction of sp³-hybridized carbons (Fsp3) is 0.273. The Morgan fingerprint density at radius 3 is 2.59 bits per heavy atom. The quantitative estimate of drug-likeness (QED) is 0.738. The summed E-state index contributed by atoms with van der Waals surface area (Å²) < 4.78 is 0. The van der Waals surface area contributed by atoms with E-state index >= 15 is 0 Å². The molecule has 1 N–H and O–H groups in total. The van der Waals surface area contributed by atoms with Gasteiger partial charge in [-0.2, -0.15) is 0 Å². The predicted octanol–water partition coefficient (Wildman–Crippen LogP) is 4.21. The van der Waals surface area contributed by atoms with Crippen molar-refractivity contribution in [3.05, 3.63) is 86.3 Å². The molecule has 3 aromatic rings. The second-order valence-corrected chi connectivity index (χ2v) is 7.37. The van der Waals surface area contributed by atoms with Crippen LogP contribution in [0.5, 0.6) is 0 Å². The molecule has 27 heavy (non-hydrogen) atoms. The van der Waals surface area contributed by atoms with Crippen LogP contribution >= 0.6 is 11.6 Å². The lowest BCUT2D eigenvalue weighted by molar-refractivity contribution is 0.241. The van der Waals surface area contributed by atoms with Gasteiger partial charge in [-0.3, -0.25) is 9.69 Å². The van der Waals surface area contributed by atoms with Crippen LogP contribution in [0.25, 0.3) is 11.4 Å².